The summed E-state index contributed by atoms with van der Waals surface area (Å²) in [6, 6.07) is 4.82. The molecular weight excluding hydrogens is 293 g/mol. The van der Waals surface area contributed by atoms with E-state index in [-0.39, 0.29) is 11.5 Å². The molecule has 6 heteroatoms. The summed E-state index contributed by atoms with van der Waals surface area (Å²) >= 11 is 12.9. The van der Waals surface area contributed by atoms with Crippen molar-refractivity contribution in [2.75, 3.05) is 5.75 Å². The van der Waals surface area contributed by atoms with Crippen molar-refractivity contribution in [3.05, 3.63) is 45.8 Å². The van der Waals surface area contributed by atoms with Crippen LogP contribution in [0.1, 0.15) is 16.1 Å². The molecule has 0 bridgehead atoms. The lowest BCUT2D eigenvalue weighted by Gasteiger charge is -2.01. The Morgan fingerprint density at radius 2 is 2.17 bits per heavy atom. The molecule has 3 nitrogen and oxygen atoms in total. The van der Waals surface area contributed by atoms with E-state index in [0.717, 1.165) is 5.69 Å². The van der Waals surface area contributed by atoms with E-state index < -0.39 is 0 Å². The van der Waals surface area contributed by atoms with Gasteiger partial charge >= 0.3 is 0 Å². The molecular formula is C12H9Cl2NO2S. The maximum absolute atomic E-state index is 11.9. The molecule has 0 saturated heterocycles. The highest BCUT2D eigenvalue weighted by Crippen LogP contribution is 2.24. The second kappa shape index (κ2) is 5.78. The third-order valence-electron chi connectivity index (χ3n) is 2.17. The first-order valence-corrected chi connectivity index (χ1v) is 6.83. The van der Waals surface area contributed by atoms with Crippen LogP contribution in [0, 0.1) is 6.92 Å². The summed E-state index contributed by atoms with van der Waals surface area (Å²) in [4.78, 5) is 16.0. The van der Waals surface area contributed by atoms with E-state index >= 15 is 0 Å². The van der Waals surface area contributed by atoms with Gasteiger partial charge in [0.15, 0.2) is 5.78 Å². The van der Waals surface area contributed by atoms with Gasteiger partial charge in [-0.15, -0.1) is 0 Å². The predicted octanol–water partition coefficient (Wildman–Crippen LogP) is 4.26. The molecule has 2 rings (SSSR count). The highest BCUT2D eigenvalue weighted by atomic mass is 35.5. The number of halogens is 2. The second-order valence-corrected chi connectivity index (χ2v) is 5.34. The first-order chi connectivity index (χ1) is 8.56. The van der Waals surface area contributed by atoms with E-state index in [2.05, 4.69) is 4.98 Å². The van der Waals surface area contributed by atoms with Crippen LogP contribution < -0.4 is 0 Å². The zero-order valence-corrected chi connectivity index (χ0v) is 11.8. The van der Waals surface area contributed by atoms with E-state index in [4.69, 9.17) is 27.6 Å². The summed E-state index contributed by atoms with van der Waals surface area (Å²) in [7, 11) is 0. The molecule has 1 aromatic heterocycles. The van der Waals surface area contributed by atoms with Gasteiger partial charge in [-0.25, -0.2) is 4.98 Å². The van der Waals surface area contributed by atoms with Crippen LogP contribution in [0.15, 0.2) is 34.1 Å². The Hall–Kier alpha value is -0.970. The molecule has 1 aromatic carbocycles. The van der Waals surface area contributed by atoms with Crippen molar-refractivity contribution in [3.8, 4) is 0 Å². The summed E-state index contributed by atoms with van der Waals surface area (Å²) < 4.78 is 5.15. The Morgan fingerprint density at radius 1 is 1.39 bits per heavy atom. The first-order valence-electron chi connectivity index (χ1n) is 5.09. The number of nitrogens with zero attached hydrogens (tertiary/aromatic N) is 1. The van der Waals surface area contributed by atoms with Crippen LogP contribution in [0.3, 0.4) is 0 Å². The van der Waals surface area contributed by atoms with Crippen molar-refractivity contribution in [2.24, 2.45) is 0 Å². The highest BCUT2D eigenvalue weighted by Gasteiger charge is 2.10. The average Bonchev–Trinajstić information content (AvgIpc) is 2.75. The monoisotopic (exact) mass is 301 g/mol. The van der Waals surface area contributed by atoms with Gasteiger partial charge in [0.05, 0.1) is 21.5 Å². The molecule has 2 aromatic rings. The third-order valence-corrected chi connectivity index (χ3v) is 3.75. The topological polar surface area (TPSA) is 43.1 Å². The Bertz CT molecular complexity index is 583. The minimum absolute atomic E-state index is 0.0468. The molecule has 0 aliphatic rings. The Labute approximate surface area is 118 Å². The number of ketones is 1. The number of thioether (sulfide) groups is 1. The molecule has 0 aliphatic carbocycles. The molecule has 1 heterocycles. The highest BCUT2D eigenvalue weighted by molar-refractivity contribution is 7.99. The molecule has 0 radical (unpaired) electrons. The number of aryl methyl sites for hydroxylation is 1. The van der Waals surface area contributed by atoms with Gasteiger partial charge in [0, 0.05) is 5.56 Å². The number of Topliss-reactive ketones (excluding diaryl/α,β-unsaturated/α-hetero) is 1. The van der Waals surface area contributed by atoms with E-state index in [0.29, 0.717) is 20.8 Å². The number of carbonyl (C=O) groups excluding carboxylic acids is 1. The molecule has 0 fully saturated rings. The van der Waals surface area contributed by atoms with E-state index in [1.807, 2.05) is 6.92 Å². The van der Waals surface area contributed by atoms with Crippen LogP contribution in [0.2, 0.25) is 10.0 Å². The lowest BCUT2D eigenvalue weighted by atomic mass is 10.1. The van der Waals surface area contributed by atoms with Crippen LogP contribution in [0.25, 0.3) is 0 Å². The number of aromatic nitrogens is 1. The SMILES string of the molecule is Cc1coc(SCC(=O)c2ccc(Cl)c(Cl)c2)n1. The molecule has 18 heavy (non-hydrogen) atoms. The van der Waals surface area contributed by atoms with E-state index in [9.17, 15) is 4.79 Å². The number of oxazole rings is 1. The lowest BCUT2D eigenvalue weighted by molar-refractivity contribution is 0.102. The fraction of sp³-hybridized carbons (Fsp3) is 0.167. The smallest absolute Gasteiger partial charge is 0.256 e. The molecule has 0 saturated carbocycles. The van der Waals surface area contributed by atoms with Gasteiger partial charge in [-0.05, 0) is 25.1 Å². The summed E-state index contributed by atoms with van der Waals surface area (Å²) in [5.41, 5.74) is 1.32. The quantitative estimate of drug-likeness (QED) is 0.625. The molecule has 0 N–H and O–H groups in total. The van der Waals surface area contributed by atoms with Crippen LogP contribution in [0.5, 0.6) is 0 Å². The van der Waals surface area contributed by atoms with Gasteiger partial charge in [0.2, 0.25) is 0 Å². The number of carbonyl (C=O) groups is 1. The molecule has 0 aliphatic heterocycles. The summed E-state index contributed by atoms with van der Waals surface area (Å²) in [6.45, 7) is 1.83. The average molecular weight is 302 g/mol. The van der Waals surface area contributed by atoms with Gasteiger partial charge in [-0.2, -0.15) is 0 Å². The maximum atomic E-state index is 11.9. The van der Waals surface area contributed by atoms with Crippen molar-refractivity contribution in [1.82, 2.24) is 4.98 Å². The van der Waals surface area contributed by atoms with Crippen LogP contribution in [-0.4, -0.2) is 16.5 Å². The number of rotatable bonds is 4. The fourth-order valence-electron chi connectivity index (χ4n) is 1.28. The zero-order chi connectivity index (χ0) is 13.1. The fourth-order valence-corrected chi connectivity index (χ4v) is 2.32. The van der Waals surface area contributed by atoms with Crippen LogP contribution in [-0.2, 0) is 0 Å². The standard InChI is InChI=1S/C12H9Cl2NO2S/c1-7-5-17-12(15-7)18-6-11(16)8-2-3-9(13)10(14)4-8/h2-5H,6H2,1H3. The zero-order valence-electron chi connectivity index (χ0n) is 9.44. The predicted molar refractivity (Wildman–Crippen MR) is 72.8 cm³/mol. The normalized spacial score (nSPS) is 10.6. The second-order valence-electron chi connectivity index (χ2n) is 3.60. The third kappa shape index (κ3) is 3.28. The minimum atomic E-state index is -0.0468. The van der Waals surface area contributed by atoms with Crippen molar-refractivity contribution in [3.63, 3.8) is 0 Å². The molecule has 0 unspecified atom stereocenters. The van der Waals surface area contributed by atoms with Crippen molar-refractivity contribution < 1.29 is 9.21 Å². The van der Waals surface area contributed by atoms with Gasteiger partial charge in [-0.1, -0.05) is 35.0 Å². The summed E-state index contributed by atoms with van der Waals surface area (Å²) in [5.74, 6) is 0.201. The summed E-state index contributed by atoms with van der Waals surface area (Å²) in [6.07, 6.45) is 1.55. The Kier molecular flexibility index (Phi) is 4.32. The number of hydrogen-bond donors (Lipinski definition) is 0. The Morgan fingerprint density at radius 3 is 2.78 bits per heavy atom. The first kappa shape index (κ1) is 13.5. The van der Waals surface area contributed by atoms with Crippen molar-refractivity contribution >= 4 is 40.7 Å². The minimum Gasteiger partial charge on any atom is -0.440 e. The van der Waals surface area contributed by atoms with E-state index in [1.54, 1.807) is 24.5 Å². The van der Waals surface area contributed by atoms with Crippen molar-refractivity contribution in [1.29, 1.82) is 0 Å². The molecule has 0 spiro atoms. The number of hydrogen-bond acceptors (Lipinski definition) is 4. The van der Waals surface area contributed by atoms with Crippen molar-refractivity contribution in [2.45, 2.75) is 12.1 Å². The molecule has 0 amide bonds. The summed E-state index contributed by atoms with van der Waals surface area (Å²) in [5, 5.41) is 1.30. The van der Waals surface area contributed by atoms with Crippen LogP contribution in [0.4, 0.5) is 0 Å². The van der Waals surface area contributed by atoms with Gasteiger partial charge in [-0.3, -0.25) is 4.79 Å². The Balaban J connectivity index is 2.01. The molecule has 94 valence electrons. The lowest BCUT2D eigenvalue weighted by Crippen LogP contribution is -2.02. The van der Waals surface area contributed by atoms with Gasteiger partial charge in [0.25, 0.3) is 5.22 Å². The molecule has 0 atom stereocenters. The largest absolute Gasteiger partial charge is 0.440 e. The van der Waals surface area contributed by atoms with Crippen LogP contribution >= 0.6 is 35.0 Å². The maximum Gasteiger partial charge on any atom is 0.256 e. The van der Waals surface area contributed by atoms with E-state index in [1.165, 1.54) is 11.8 Å². The number of benzene rings is 1. The van der Waals surface area contributed by atoms with Gasteiger partial charge in [0.1, 0.15) is 6.26 Å². The van der Waals surface area contributed by atoms with Gasteiger partial charge < -0.3 is 4.42 Å².